The molecule has 1 heterocycles. The molecule has 1 aliphatic rings. The Morgan fingerprint density at radius 3 is 2.43 bits per heavy atom. The minimum Gasteiger partial charge on any atom is -0.466 e. The van der Waals surface area contributed by atoms with Crippen LogP contribution in [-0.4, -0.2) is 41.7 Å². The summed E-state index contributed by atoms with van der Waals surface area (Å²) in [7, 11) is 0. The Kier molecular flexibility index (Phi) is 6.51. The van der Waals surface area contributed by atoms with Gasteiger partial charge in [-0.15, -0.1) is 11.8 Å². The lowest BCUT2D eigenvalue weighted by Crippen LogP contribution is -2.43. The average molecular weight is 335 g/mol. The molecule has 1 saturated heterocycles. The van der Waals surface area contributed by atoms with Crippen molar-refractivity contribution in [2.24, 2.45) is 5.92 Å². The van der Waals surface area contributed by atoms with E-state index in [2.05, 4.69) is 31.2 Å². The van der Waals surface area contributed by atoms with Crippen LogP contribution in [0.4, 0.5) is 0 Å². The standard InChI is InChI=1S/C18H25NO3S/c1-4-22-18(21)15-9-11-19(12-10-15)17(20)14(3)23-16-7-5-13(2)6-8-16/h5-8,14-15H,4,9-12H2,1-3H3. The summed E-state index contributed by atoms with van der Waals surface area (Å²) in [4.78, 5) is 27.3. The minimum atomic E-state index is -0.123. The lowest BCUT2D eigenvalue weighted by atomic mass is 9.97. The van der Waals surface area contributed by atoms with E-state index >= 15 is 0 Å². The average Bonchev–Trinajstić information content (AvgIpc) is 2.56. The predicted molar refractivity (Wildman–Crippen MR) is 92.4 cm³/mol. The number of amides is 1. The Morgan fingerprint density at radius 1 is 1.26 bits per heavy atom. The molecule has 5 heteroatoms. The van der Waals surface area contributed by atoms with E-state index in [4.69, 9.17) is 4.74 Å². The van der Waals surface area contributed by atoms with Crippen molar-refractivity contribution in [3.63, 3.8) is 0 Å². The first-order valence-electron chi connectivity index (χ1n) is 8.20. The van der Waals surface area contributed by atoms with Gasteiger partial charge < -0.3 is 9.64 Å². The number of ether oxygens (including phenoxy) is 1. The number of piperidine rings is 1. The van der Waals surface area contributed by atoms with Gasteiger partial charge in [0.1, 0.15) is 0 Å². The molecular formula is C18H25NO3S. The smallest absolute Gasteiger partial charge is 0.309 e. The summed E-state index contributed by atoms with van der Waals surface area (Å²) in [6.45, 7) is 7.52. The maximum atomic E-state index is 12.6. The zero-order valence-electron chi connectivity index (χ0n) is 14.1. The van der Waals surface area contributed by atoms with Gasteiger partial charge in [0.15, 0.2) is 0 Å². The monoisotopic (exact) mass is 335 g/mol. The van der Waals surface area contributed by atoms with Gasteiger partial charge in [0, 0.05) is 18.0 Å². The number of hydrogen-bond donors (Lipinski definition) is 0. The van der Waals surface area contributed by atoms with Gasteiger partial charge in [-0.25, -0.2) is 0 Å². The Morgan fingerprint density at radius 2 is 1.87 bits per heavy atom. The van der Waals surface area contributed by atoms with E-state index < -0.39 is 0 Å². The van der Waals surface area contributed by atoms with Crippen molar-refractivity contribution in [2.45, 2.75) is 43.8 Å². The quantitative estimate of drug-likeness (QED) is 0.612. The van der Waals surface area contributed by atoms with Gasteiger partial charge in [-0.2, -0.15) is 0 Å². The molecule has 23 heavy (non-hydrogen) atoms. The lowest BCUT2D eigenvalue weighted by Gasteiger charge is -2.32. The van der Waals surface area contributed by atoms with Gasteiger partial charge in [0.25, 0.3) is 0 Å². The second kappa shape index (κ2) is 8.39. The summed E-state index contributed by atoms with van der Waals surface area (Å²) >= 11 is 1.59. The molecule has 0 radical (unpaired) electrons. The zero-order valence-corrected chi connectivity index (χ0v) is 14.9. The SMILES string of the molecule is CCOC(=O)C1CCN(C(=O)C(C)Sc2ccc(C)cc2)CC1. The van der Waals surface area contributed by atoms with Crippen LogP contribution in [-0.2, 0) is 14.3 Å². The van der Waals surface area contributed by atoms with Crippen molar-refractivity contribution in [3.8, 4) is 0 Å². The van der Waals surface area contributed by atoms with Gasteiger partial charge in [-0.1, -0.05) is 17.7 Å². The van der Waals surface area contributed by atoms with E-state index in [-0.39, 0.29) is 23.0 Å². The fraction of sp³-hybridized carbons (Fsp3) is 0.556. The molecule has 0 aromatic heterocycles. The molecule has 126 valence electrons. The van der Waals surface area contributed by atoms with E-state index in [1.807, 2.05) is 18.7 Å². The molecule has 1 atom stereocenters. The summed E-state index contributed by atoms with van der Waals surface area (Å²) in [6.07, 6.45) is 1.40. The highest BCUT2D eigenvalue weighted by atomic mass is 32.2. The van der Waals surface area contributed by atoms with Gasteiger partial charge >= 0.3 is 5.97 Å². The summed E-state index contributed by atoms with van der Waals surface area (Å²) in [5, 5.41) is -0.114. The van der Waals surface area contributed by atoms with Crippen LogP contribution in [0.25, 0.3) is 0 Å². The molecular weight excluding hydrogens is 310 g/mol. The molecule has 1 fully saturated rings. The van der Waals surface area contributed by atoms with Crippen LogP contribution in [0, 0.1) is 12.8 Å². The number of nitrogens with zero attached hydrogens (tertiary/aromatic N) is 1. The minimum absolute atomic E-state index is 0.0564. The van der Waals surface area contributed by atoms with Crippen LogP contribution in [0.5, 0.6) is 0 Å². The zero-order chi connectivity index (χ0) is 16.8. The van der Waals surface area contributed by atoms with Crippen molar-refractivity contribution >= 4 is 23.6 Å². The molecule has 1 amide bonds. The van der Waals surface area contributed by atoms with E-state index in [1.165, 1.54) is 5.56 Å². The number of likely N-dealkylation sites (tertiary alicyclic amines) is 1. The van der Waals surface area contributed by atoms with Gasteiger partial charge in [0.05, 0.1) is 17.8 Å². The van der Waals surface area contributed by atoms with Gasteiger partial charge in [-0.3, -0.25) is 9.59 Å². The molecule has 0 aliphatic carbocycles. The first-order valence-corrected chi connectivity index (χ1v) is 9.08. The number of carbonyl (C=O) groups is 2. The molecule has 1 aromatic carbocycles. The van der Waals surface area contributed by atoms with Gasteiger partial charge in [0.2, 0.25) is 5.91 Å². The first kappa shape index (κ1) is 17.9. The summed E-state index contributed by atoms with van der Waals surface area (Å²) < 4.78 is 5.07. The van der Waals surface area contributed by atoms with Crippen LogP contribution >= 0.6 is 11.8 Å². The third kappa shape index (κ3) is 4.99. The Labute approximate surface area is 142 Å². The topological polar surface area (TPSA) is 46.6 Å². The molecule has 0 spiro atoms. The molecule has 0 bridgehead atoms. The largest absolute Gasteiger partial charge is 0.466 e. The maximum absolute atomic E-state index is 12.6. The van der Waals surface area contributed by atoms with Crippen LogP contribution in [0.2, 0.25) is 0 Å². The number of hydrogen-bond acceptors (Lipinski definition) is 4. The van der Waals surface area contributed by atoms with Crippen LogP contribution in [0.15, 0.2) is 29.2 Å². The number of aryl methyl sites for hydroxylation is 1. The number of esters is 1. The predicted octanol–water partition coefficient (Wildman–Crippen LogP) is 3.28. The summed E-state index contributed by atoms with van der Waals surface area (Å²) in [6, 6.07) is 8.22. The number of carbonyl (C=O) groups excluding carboxylic acids is 2. The van der Waals surface area contributed by atoms with Crippen molar-refractivity contribution in [1.82, 2.24) is 4.90 Å². The maximum Gasteiger partial charge on any atom is 0.309 e. The van der Waals surface area contributed by atoms with Crippen molar-refractivity contribution in [1.29, 1.82) is 0 Å². The van der Waals surface area contributed by atoms with Crippen molar-refractivity contribution in [3.05, 3.63) is 29.8 Å². The van der Waals surface area contributed by atoms with Crippen molar-refractivity contribution < 1.29 is 14.3 Å². The highest BCUT2D eigenvalue weighted by Gasteiger charge is 2.30. The number of benzene rings is 1. The Hall–Kier alpha value is -1.49. The van der Waals surface area contributed by atoms with E-state index in [1.54, 1.807) is 11.8 Å². The lowest BCUT2D eigenvalue weighted by molar-refractivity contribution is -0.151. The summed E-state index contributed by atoms with van der Waals surface area (Å²) in [5.74, 6) is -0.0291. The Balaban J connectivity index is 1.84. The molecule has 1 unspecified atom stereocenters. The molecule has 4 nitrogen and oxygen atoms in total. The third-order valence-electron chi connectivity index (χ3n) is 4.11. The van der Waals surface area contributed by atoms with Gasteiger partial charge in [-0.05, 0) is 45.7 Å². The molecule has 0 saturated carbocycles. The highest BCUT2D eigenvalue weighted by Crippen LogP contribution is 2.27. The van der Waals surface area contributed by atoms with E-state index in [0.29, 0.717) is 32.5 Å². The summed E-state index contributed by atoms with van der Waals surface area (Å²) in [5.41, 5.74) is 1.22. The highest BCUT2D eigenvalue weighted by molar-refractivity contribution is 8.00. The Bertz CT molecular complexity index is 536. The molecule has 1 aromatic rings. The second-order valence-electron chi connectivity index (χ2n) is 5.92. The molecule has 1 aliphatic heterocycles. The van der Waals surface area contributed by atoms with Crippen molar-refractivity contribution in [2.75, 3.05) is 19.7 Å². The molecule has 2 rings (SSSR count). The third-order valence-corrected chi connectivity index (χ3v) is 5.21. The van der Waals surface area contributed by atoms with E-state index in [9.17, 15) is 9.59 Å². The fourth-order valence-electron chi connectivity index (χ4n) is 2.72. The molecule has 0 N–H and O–H groups in total. The first-order chi connectivity index (χ1) is 11.0. The second-order valence-corrected chi connectivity index (χ2v) is 7.34. The normalized spacial score (nSPS) is 16.9. The van der Waals surface area contributed by atoms with E-state index in [0.717, 1.165) is 4.90 Å². The van der Waals surface area contributed by atoms with Crippen LogP contribution in [0.3, 0.4) is 0 Å². The van der Waals surface area contributed by atoms with Crippen LogP contribution < -0.4 is 0 Å². The number of thioether (sulfide) groups is 1. The fourth-order valence-corrected chi connectivity index (χ4v) is 3.68. The van der Waals surface area contributed by atoms with Crippen LogP contribution in [0.1, 0.15) is 32.3 Å². The number of rotatable bonds is 5.